The van der Waals surface area contributed by atoms with Gasteiger partial charge in [0.2, 0.25) is 0 Å². The molecule has 1 heterocycles. The lowest BCUT2D eigenvalue weighted by molar-refractivity contribution is -0.146. The van der Waals surface area contributed by atoms with E-state index >= 15 is 0 Å². The van der Waals surface area contributed by atoms with E-state index in [0.717, 1.165) is 6.61 Å². The number of benzene rings is 1. The number of carbonyl (C=O) groups excluding carboxylic acids is 2. The third kappa shape index (κ3) is 7.80. The summed E-state index contributed by atoms with van der Waals surface area (Å²) < 4.78 is 21.5. The average molecular weight is 433 g/mol. The first-order valence-electron chi connectivity index (χ1n) is 10.6. The normalized spacial score (nSPS) is 17.2. The molecule has 30 heavy (non-hydrogen) atoms. The molecular formula is C23H32O6Si. The third-order valence-corrected chi connectivity index (χ3v) is 7.35. The lowest BCUT2D eigenvalue weighted by Gasteiger charge is -2.25. The molecule has 0 aliphatic carbocycles. The van der Waals surface area contributed by atoms with Gasteiger partial charge in [-0.2, -0.15) is 0 Å². The van der Waals surface area contributed by atoms with E-state index in [4.69, 9.17) is 18.9 Å². The fourth-order valence-corrected chi connectivity index (χ4v) is 5.15. The Morgan fingerprint density at radius 3 is 2.33 bits per heavy atom. The zero-order valence-corrected chi connectivity index (χ0v) is 19.3. The van der Waals surface area contributed by atoms with E-state index in [9.17, 15) is 9.59 Å². The Morgan fingerprint density at radius 2 is 1.77 bits per heavy atom. The number of ether oxygens (including phenoxy) is 4. The van der Waals surface area contributed by atoms with Gasteiger partial charge in [0.25, 0.3) is 0 Å². The molecule has 0 spiro atoms. The highest BCUT2D eigenvalue weighted by Gasteiger charge is 2.21. The first kappa shape index (κ1) is 23.9. The Hall–Kier alpha value is -2.38. The van der Waals surface area contributed by atoms with E-state index < -0.39 is 20.7 Å². The Labute approximate surface area is 180 Å². The van der Waals surface area contributed by atoms with E-state index in [1.165, 1.54) is 25.3 Å². The molecule has 1 saturated heterocycles. The smallest absolute Gasteiger partial charge is 0.345 e. The van der Waals surface area contributed by atoms with Crippen molar-refractivity contribution in [2.75, 3.05) is 26.4 Å². The Bertz CT molecular complexity index is 715. The summed E-state index contributed by atoms with van der Waals surface area (Å²) in [5.74, 6) is -0.669. The molecule has 0 radical (unpaired) electrons. The van der Waals surface area contributed by atoms with Crippen molar-refractivity contribution in [3.05, 3.63) is 47.2 Å². The van der Waals surface area contributed by atoms with E-state index in [-0.39, 0.29) is 18.8 Å². The molecule has 0 bridgehead atoms. The van der Waals surface area contributed by atoms with Crippen LogP contribution >= 0.6 is 0 Å². The minimum atomic E-state index is -1.04. The van der Waals surface area contributed by atoms with Gasteiger partial charge in [0.05, 0.1) is 22.0 Å². The van der Waals surface area contributed by atoms with Gasteiger partial charge in [0, 0.05) is 12.3 Å². The zero-order chi connectivity index (χ0) is 21.8. The van der Waals surface area contributed by atoms with Crippen LogP contribution in [0.25, 0.3) is 6.08 Å². The van der Waals surface area contributed by atoms with Gasteiger partial charge in [-0.05, 0) is 56.9 Å². The minimum absolute atomic E-state index is 0.126. The predicted octanol–water partition coefficient (Wildman–Crippen LogP) is 3.64. The number of esters is 2. The molecule has 0 saturated carbocycles. The van der Waals surface area contributed by atoms with Gasteiger partial charge >= 0.3 is 11.9 Å². The quantitative estimate of drug-likeness (QED) is 0.185. The van der Waals surface area contributed by atoms with Crippen molar-refractivity contribution < 1.29 is 28.5 Å². The molecule has 1 fully saturated rings. The topological polar surface area (TPSA) is 71.1 Å². The molecule has 7 heteroatoms. The van der Waals surface area contributed by atoms with Crippen molar-refractivity contribution >= 4 is 26.8 Å². The highest BCUT2D eigenvalue weighted by atomic mass is 28.3. The summed E-state index contributed by atoms with van der Waals surface area (Å²) in [6, 6.07) is 7.17. The van der Waals surface area contributed by atoms with E-state index in [2.05, 4.69) is 18.3 Å². The molecular weight excluding hydrogens is 400 g/mol. The highest BCUT2D eigenvalue weighted by Crippen LogP contribution is 2.17. The number of carbonyl (C=O) groups is 2. The second-order valence-electron chi connectivity index (χ2n) is 7.07. The van der Waals surface area contributed by atoms with Crippen LogP contribution in [0.2, 0.25) is 6.55 Å². The molecule has 0 amide bonds. The van der Waals surface area contributed by atoms with Crippen LogP contribution in [-0.2, 0) is 23.8 Å². The summed E-state index contributed by atoms with van der Waals surface area (Å²) in [5, 5.41) is 0. The first-order chi connectivity index (χ1) is 14.5. The van der Waals surface area contributed by atoms with Gasteiger partial charge < -0.3 is 18.9 Å². The SMILES string of the molecule is CCOC(=O)C(=Cc1ccc(OCC=C[SiH](C)C2CCCCO2)cc1)C(=O)OCC. The second kappa shape index (κ2) is 13.0. The van der Waals surface area contributed by atoms with Crippen molar-refractivity contribution in [1.82, 2.24) is 0 Å². The molecule has 1 aliphatic rings. The summed E-state index contributed by atoms with van der Waals surface area (Å²) in [4.78, 5) is 24.1. The molecule has 2 rings (SSSR count). The maximum atomic E-state index is 12.0. The minimum Gasteiger partial charge on any atom is -0.490 e. The van der Waals surface area contributed by atoms with Crippen molar-refractivity contribution in [2.45, 2.75) is 45.4 Å². The van der Waals surface area contributed by atoms with Crippen molar-refractivity contribution in [3.63, 3.8) is 0 Å². The van der Waals surface area contributed by atoms with Crippen LogP contribution in [0.5, 0.6) is 5.75 Å². The summed E-state index contributed by atoms with van der Waals surface area (Å²) in [5.41, 5.74) is 3.27. The first-order valence-corrected chi connectivity index (χ1v) is 13.1. The van der Waals surface area contributed by atoms with E-state index in [1.54, 1.807) is 38.1 Å². The third-order valence-electron chi connectivity index (χ3n) is 4.77. The van der Waals surface area contributed by atoms with E-state index in [0.29, 0.717) is 23.6 Å². The highest BCUT2D eigenvalue weighted by molar-refractivity contribution is 6.64. The summed E-state index contributed by atoms with van der Waals surface area (Å²) in [6.07, 6.45) is 7.16. The lowest BCUT2D eigenvalue weighted by Crippen LogP contribution is -2.32. The maximum Gasteiger partial charge on any atom is 0.345 e. The van der Waals surface area contributed by atoms with Crippen LogP contribution in [0.15, 0.2) is 41.6 Å². The number of hydrogen-bond acceptors (Lipinski definition) is 6. The van der Waals surface area contributed by atoms with Crippen LogP contribution < -0.4 is 4.74 Å². The number of rotatable bonds is 10. The molecule has 6 nitrogen and oxygen atoms in total. The molecule has 164 valence electrons. The zero-order valence-electron chi connectivity index (χ0n) is 18.1. The fraction of sp³-hybridized carbons (Fsp3) is 0.478. The maximum absolute atomic E-state index is 12.0. The van der Waals surface area contributed by atoms with Gasteiger partial charge in [-0.25, -0.2) is 9.59 Å². The Kier molecular flexibility index (Phi) is 10.4. The summed E-state index contributed by atoms with van der Waals surface area (Å²) in [7, 11) is -1.04. The van der Waals surface area contributed by atoms with E-state index in [1.807, 2.05) is 0 Å². The molecule has 1 aromatic carbocycles. The Balaban J connectivity index is 1.92. The molecule has 2 atom stereocenters. The van der Waals surface area contributed by atoms with Gasteiger partial charge in [-0.1, -0.05) is 30.5 Å². The molecule has 2 unspecified atom stereocenters. The van der Waals surface area contributed by atoms with Crippen LogP contribution in [-0.4, -0.2) is 52.9 Å². The predicted molar refractivity (Wildman–Crippen MR) is 119 cm³/mol. The summed E-state index contributed by atoms with van der Waals surface area (Å²) >= 11 is 0. The van der Waals surface area contributed by atoms with Gasteiger partial charge in [0.1, 0.15) is 17.9 Å². The second-order valence-corrected chi connectivity index (χ2v) is 9.92. The fourth-order valence-electron chi connectivity index (χ4n) is 3.16. The molecule has 1 aliphatic heterocycles. The largest absolute Gasteiger partial charge is 0.490 e. The van der Waals surface area contributed by atoms with Crippen LogP contribution in [0.4, 0.5) is 0 Å². The van der Waals surface area contributed by atoms with Crippen LogP contribution in [0.3, 0.4) is 0 Å². The van der Waals surface area contributed by atoms with Crippen LogP contribution in [0.1, 0.15) is 38.7 Å². The Morgan fingerprint density at radius 1 is 1.10 bits per heavy atom. The summed E-state index contributed by atoms with van der Waals surface area (Å²) in [6.45, 7) is 7.43. The van der Waals surface area contributed by atoms with Gasteiger partial charge in [0.15, 0.2) is 0 Å². The molecule has 1 aromatic rings. The average Bonchev–Trinajstić information content (AvgIpc) is 2.76. The standard InChI is InChI=1S/C23H32O6Si/c1-4-26-22(24)20(23(25)27-5-2)17-18-10-12-19(13-11-18)28-15-8-16-30(3)21-9-6-7-14-29-21/h8,10-13,16-17,21,30H,4-7,9,14-15H2,1-3H3. The van der Waals surface area contributed by atoms with Crippen molar-refractivity contribution in [2.24, 2.45) is 0 Å². The number of hydrogen-bond donors (Lipinski definition) is 0. The van der Waals surface area contributed by atoms with Crippen LogP contribution in [0, 0.1) is 0 Å². The molecule has 0 N–H and O–H groups in total. The molecule has 0 aromatic heterocycles. The van der Waals surface area contributed by atoms with Crippen molar-refractivity contribution in [3.8, 4) is 5.75 Å². The van der Waals surface area contributed by atoms with Crippen molar-refractivity contribution in [1.29, 1.82) is 0 Å². The van der Waals surface area contributed by atoms with Gasteiger partial charge in [-0.15, -0.1) is 0 Å². The lowest BCUT2D eigenvalue weighted by atomic mass is 10.1. The monoisotopic (exact) mass is 432 g/mol. The van der Waals surface area contributed by atoms with Gasteiger partial charge in [-0.3, -0.25) is 0 Å².